The van der Waals surface area contributed by atoms with Crippen LogP contribution in [0, 0.1) is 11.6 Å². The second-order valence-electron chi connectivity index (χ2n) is 10.9. The van der Waals surface area contributed by atoms with Gasteiger partial charge in [-0.3, -0.25) is 4.90 Å². The van der Waals surface area contributed by atoms with Gasteiger partial charge in [-0.25, -0.2) is 18.6 Å². The van der Waals surface area contributed by atoms with Gasteiger partial charge in [0.25, 0.3) is 0 Å². The van der Waals surface area contributed by atoms with E-state index in [0.29, 0.717) is 6.04 Å². The second kappa shape index (κ2) is 10.5. The number of benzene rings is 1. The monoisotopic (exact) mass is 545 g/mol. The zero-order chi connectivity index (χ0) is 27.9. The Balaban J connectivity index is 1.41. The minimum atomic E-state index is -0.831. The number of tetrazole rings is 1. The summed E-state index contributed by atoms with van der Waals surface area (Å²) < 4.78 is 37.4. The van der Waals surface area contributed by atoms with Crippen LogP contribution in [0.4, 0.5) is 26.2 Å². The first-order valence-corrected chi connectivity index (χ1v) is 13.0. The first kappa shape index (κ1) is 26.9. The largest absolute Gasteiger partial charge is 0.489 e. The van der Waals surface area contributed by atoms with Crippen LogP contribution < -0.4 is 21.1 Å². The van der Waals surface area contributed by atoms with Gasteiger partial charge in [0.15, 0.2) is 17.5 Å². The second-order valence-corrected chi connectivity index (χ2v) is 10.9. The molecule has 2 fully saturated rings. The Labute approximate surface area is 224 Å². The molecule has 39 heavy (non-hydrogen) atoms. The SMILES string of the molecule is C[C@H](O)COc1cc(F)c(Nc2ncc(F)c(N[C@@H]3CC4CCCN4C(C)(C)C3)n2)cc1-n1nnn(C)c1=O. The van der Waals surface area contributed by atoms with E-state index in [2.05, 4.69) is 49.8 Å². The minimum absolute atomic E-state index is 0.0166. The van der Waals surface area contributed by atoms with E-state index >= 15 is 4.39 Å². The highest BCUT2D eigenvalue weighted by Gasteiger charge is 2.43. The zero-order valence-electron chi connectivity index (χ0n) is 22.4. The summed E-state index contributed by atoms with van der Waals surface area (Å²) in [7, 11) is 1.42. The Hall–Kier alpha value is -3.65. The molecule has 0 radical (unpaired) electrons. The average molecular weight is 546 g/mol. The number of aliphatic hydroxyl groups excluding tert-OH is 1. The summed E-state index contributed by atoms with van der Waals surface area (Å²) in [5, 5.41) is 23.1. The Kier molecular flexibility index (Phi) is 7.25. The fraction of sp³-hybridized carbons (Fsp3) is 0.560. The van der Waals surface area contributed by atoms with Gasteiger partial charge in [-0.1, -0.05) is 0 Å². The molecule has 2 aliphatic rings. The van der Waals surface area contributed by atoms with Crippen molar-refractivity contribution in [3.63, 3.8) is 0 Å². The van der Waals surface area contributed by atoms with Crippen LogP contribution in [0.15, 0.2) is 23.1 Å². The van der Waals surface area contributed by atoms with Crippen molar-refractivity contribution in [2.75, 3.05) is 23.8 Å². The van der Waals surface area contributed by atoms with Crippen molar-refractivity contribution in [2.24, 2.45) is 7.05 Å². The molecule has 4 heterocycles. The molecule has 1 unspecified atom stereocenters. The number of hydrogen-bond donors (Lipinski definition) is 3. The molecule has 2 saturated heterocycles. The van der Waals surface area contributed by atoms with Crippen LogP contribution in [-0.4, -0.2) is 76.6 Å². The van der Waals surface area contributed by atoms with Gasteiger partial charge >= 0.3 is 5.69 Å². The highest BCUT2D eigenvalue weighted by atomic mass is 19.1. The molecule has 12 nitrogen and oxygen atoms in total. The van der Waals surface area contributed by atoms with Crippen LogP contribution in [0.5, 0.6) is 5.75 Å². The average Bonchev–Trinajstić information content (AvgIpc) is 3.48. The van der Waals surface area contributed by atoms with E-state index in [1.165, 1.54) is 20.0 Å². The molecular weight excluding hydrogens is 512 g/mol. The molecular formula is C25H33F2N9O3. The number of piperidine rings is 1. The Morgan fingerprint density at radius 2 is 2.05 bits per heavy atom. The molecule has 3 aromatic rings. The van der Waals surface area contributed by atoms with Gasteiger partial charge in [0.05, 0.1) is 18.0 Å². The molecule has 2 aromatic heterocycles. The smallest absolute Gasteiger partial charge is 0.368 e. The van der Waals surface area contributed by atoms with Crippen molar-refractivity contribution in [3.05, 3.63) is 40.4 Å². The lowest BCUT2D eigenvalue weighted by molar-refractivity contribution is 0.0500. The molecule has 0 aliphatic carbocycles. The quantitative estimate of drug-likeness (QED) is 0.387. The number of fused-ring (bicyclic) bond motifs is 1. The normalized spacial score (nSPS) is 21.4. The predicted molar refractivity (Wildman–Crippen MR) is 139 cm³/mol. The van der Waals surface area contributed by atoms with Crippen molar-refractivity contribution < 1.29 is 18.6 Å². The topological polar surface area (TPSA) is 135 Å². The lowest BCUT2D eigenvalue weighted by Crippen LogP contribution is -2.55. The van der Waals surface area contributed by atoms with Crippen LogP contribution in [0.1, 0.15) is 46.5 Å². The summed E-state index contributed by atoms with van der Waals surface area (Å²) in [6.45, 7) is 6.87. The first-order valence-electron chi connectivity index (χ1n) is 13.0. The van der Waals surface area contributed by atoms with Crippen molar-refractivity contribution in [3.8, 4) is 11.4 Å². The third-order valence-corrected chi connectivity index (χ3v) is 7.27. The molecule has 14 heteroatoms. The molecule has 1 aromatic carbocycles. The summed E-state index contributed by atoms with van der Waals surface area (Å²) in [5.74, 6) is -1.38. The van der Waals surface area contributed by atoms with E-state index in [9.17, 15) is 14.3 Å². The molecule has 3 N–H and O–H groups in total. The summed E-state index contributed by atoms with van der Waals surface area (Å²) >= 11 is 0. The molecule has 3 atom stereocenters. The number of hydrogen-bond acceptors (Lipinski definition) is 10. The standard InChI is InChI=1S/C25H33F2N9O3/c1-14(37)13-39-21-9-17(26)19(10-20(21)36-24(38)34(4)32-33-36)30-23-28-12-18(27)22(31-23)29-15-8-16-6-5-7-35(16)25(2,3)11-15/h9-10,12,14-16,37H,5-8,11,13H2,1-4H3,(H2,28,29,30,31)/t14-,15+,16?/m0/s1. The van der Waals surface area contributed by atoms with E-state index in [1.807, 2.05) is 0 Å². The third kappa shape index (κ3) is 5.57. The van der Waals surface area contributed by atoms with Crippen LogP contribution >= 0.6 is 0 Å². The van der Waals surface area contributed by atoms with Crippen molar-refractivity contribution >= 4 is 17.5 Å². The highest BCUT2D eigenvalue weighted by molar-refractivity contribution is 5.63. The maximum absolute atomic E-state index is 15.1. The van der Waals surface area contributed by atoms with Crippen LogP contribution in [-0.2, 0) is 7.05 Å². The number of ether oxygens (including phenoxy) is 1. The van der Waals surface area contributed by atoms with Gasteiger partial charge in [-0.05, 0) is 69.5 Å². The lowest BCUT2D eigenvalue weighted by atomic mass is 9.84. The Bertz CT molecular complexity index is 1410. The van der Waals surface area contributed by atoms with Crippen molar-refractivity contribution in [2.45, 2.75) is 70.2 Å². The van der Waals surface area contributed by atoms with Crippen molar-refractivity contribution in [1.29, 1.82) is 0 Å². The van der Waals surface area contributed by atoms with E-state index in [-0.39, 0.29) is 47.1 Å². The van der Waals surface area contributed by atoms with E-state index < -0.39 is 23.4 Å². The van der Waals surface area contributed by atoms with Gasteiger partial charge in [-0.15, -0.1) is 0 Å². The van der Waals surface area contributed by atoms with Gasteiger partial charge in [-0.2, -0.15) is 14.3 Å². The van der Waals surface area contributed by atoms with E-state index in [0.717, 1.165) is 53.9 Å². The minimum Gasteiger partial charge on any atom is -0.489 e. The number of anilines is 3. The van der Waals surface area contributed by atoms with E-state index in [1.54, 1.807) is 0 Å². The Morgan fingerprint density at radius 3 is 2.77 bits per heavy atom. The molecule has 0 saturated carbocycles. The van der Waals surface area contributed by atoms with Crippen LogP contribution in [0.2, 0.25) is 0 Å². The summed E-state index contributed by atoms with van der Waals surface area (Å²) in [6.07, 6.45) is 4.19. The number of nitrogens with zero attached hydrogens (tertiary/aromatic N) is 7. The lowest BCUT2D eigenvalue weighted by Gasteiger charge is -2.47. The number of aliphatic hydroxyl groups is 1. The fourth-order valence-corrected chi connectivity index (χ4v) is 5.56. The number of aromatic nitrogens is 6. The predicted octanol–water partition coefficient (Wildman–Crippen LogP) is 2.35. The highest BCUT2D eigenvalue weighted by Crippen LogP contribution is 2.38. The third-order valence-electron chi connectivity index (χ3n) is 7.27. The number of nitrogens with one attached hydrogen (secondary N) is 2. The Morgan fingerprint density at radius 1 is 1.26 bits per heavy atom. The summed E-state index contributed by atoms with van der Waals surface area (Å²) in [6, 6.07) is 2.82. The van der Waals surface area contributed by atoms with E-state index in [4.69, 9.17) is 4.74 Å². The molecule has 0 bridgehead atoms. The summed E-state index contributed by atoms with van der Waals surface area (Å²) in [5.41, 5.74) is -0.610. The van der Waals surface area contributed by atoms with Crippen molar-refractivity contribution in [1.82, 2.24) is 34.7 Å². The molecule has 2 aliphatic heterocycles. The van der Waals surface area contributed by atoms with Crippen LogP contribution in [0.3, 0.4) is 0 Å². The van der Waals surface area contributed by atoms with Gasteiger partial charge in [0.1, 0.15) is 18.0 Å². The number of aryl methyl sites for hydroxylation is 1. The molecule has 0 spiro atoms. The maximum Gasteiger partial charge on any atom is 0.368 e. The number of halogens is 2. The maximum atomic E-state index is 15.1. The number of rotatable bonds is 8. The zero-order valence-corrected chi connectivity index (χ0v) is 22.4. The molecule has 5 rings (SSSR count). The van der Waals surface area contributed by atoms with Gasteiger partial charge in [0.2, 0.25) is 5.95 Å². The van der Waals surface area contributed by atoms with Gasteiger partial charge < -0.3 is 20.5 Å². The molecule has 0 amide bonds. The fourth-order valence-electron chi connectivity index (χ4n) is 5.56. The van der Waals surface area contributed by atoms with Gasteiger partial charge in [0, 0.05) is 30.7 Å². The summed E-state index contributed by atoms with van der Waals surface area (Å²) in [4.78, 5) is 23.3. The first-order chi connectivity index (χ1) is 18.5. The molecule has 210 valence electrons. The van der Waals surface area contributed by atoms with Crippen LogP contribution in [0.25, 0.3) is 5.69 Å².